The van der Waals surface area contributed by atoms with Gasteiger partial charge < -0.3 is 10.2 Å². The summed E-state index contributed by atoms with van der Waals surface area (Å²) < 4.78 is 0. The van der Waals surface area contributed by atoms with Crippen molar-refractivity contribution >= 4 is 17.5 Å². The molecule has 20 heavy (non-hydrogen) atoms. The number of anilines is 1. The lowest BCUT2D eigenvalue weighted by Crippen LogP contribution is -2.35. The van der Waals surface area contributed by atoms with E-state index in [1.54, 1.807) is 30.3 Å². The number of piperidine rings is 1. The lowest BCUT2D eigenvalue weighted by atomic mass is 10.1. The van der Waals surface area contributed by atoms with Crippen molar-refractivity contribution in [2.75, 3.05) is 18.4 Å². The number of carbonyl (C=O) groups is 2. The standard InChI is InChI=1S/C15H17N3O2/c16-8-7-14(19)17-13-6-4-5-12(11-13)15(20)18-9-2-1-3-10-18/h4-6,11H,1-3,7,9-10H2,(H,17,19). The van der Waals surface area contributed by atoms with Gasteiger partial charge in [0.15, 0.2) is 0 Å². The number of hydrogen-bond acceptors (Lipinski definition) is 3. The summed E-state index contributed by atoms with van der Waals surface area (Å²) in [6, 6.07) is 8.64. The molecule has 1 saturated heterocycles. The molecule has 1 aromatic carbocycles. The van der Waals surface area contributed by atoms with Crippen LogP contribution in [0, 0.1) is 11.3 Å². The second-order valence-electron chi connectivity index (χ2n) is 4.82. The smallest absolute Gasteiger partial charge is 0.253 e. The first-order valence-electron chi connectivity index (χ1n) is 6.77. The summed E-state index contributed by atoms with van der Waals surface area (Å²) >= 11 is 0. The van der Waals surface area contributed by atoms with Crippen molar-refractivity contribution in [2.24, 2.45) is 0 Å². The first-order valence-corrected chi connectivity index (χ1v) is 6.77. The fourth-order valence-electron chi connectivity index (χ4n) is 2.29. The Morgan fingerprint density at radius 3 is 2.70 bits per heavy atom. The van der Waals surface area contributed by atoms with E-state index in [1.165, 1.54) is 6.42 Å². The van der Waals surface area contributed by atoms with Crippen LogP contribution >= 0.6 is 0 Å². The summed E-state index contributed by atoms with van der Waals surface area (Å²) in [6.07, 6.45) is 3.08. The van der Waals surface area contributed by atoms with Crippen molar-refractivity contribution in [3.63, 3.8) is 0 Å². The van der Waals surface area contributed by atoms with Crippen molar-refractivity contribution in [3.05, 3.63) is 29.8 Å². The van der Waals surface area contributed by atoms with Gasteiger partial charge in [-0.2, -0.15) is 5.26 Å². The van der Waals surface area contributed by atoms with Gasteiger partial charge in [-0.15, -0.1) is 0 Å². The maximum Gasteiger partial charge on any atom is 0.253 e. The normalized spacial score (nSPS) is 14.4. The largest absolute Gasteiger partial charge is 0.339 e. The monoisotopic (exact) mass is 271 g/mol. The molecule has 1 fully saturated rings. The summed E-state index contributed by atoms with van der Waals surface area (Å²) in [5.74, 6) is -0.365. The van der Waals surface area contributed by atoms with Gasteiger partial charge in [-0.1, -0.05) is 6.07 Å². The van der Waals surface area contributed by atoms with Crippen LogP contribution in [0.25, 0.3) is 0 Å². The SMILES string of the molecule is N#CCC(=O)Nc1cccc(C(=O)N2CCCCC2)c1. The van der Waals surface area contributed by atoms with E-state index in [1.807, 2.05) is 4.90 Å². The topological polar surface area (TPSA) is 73.2 Å². The van der Waals surface area contributed by atoms with E-state index < -0.39 is 0 Å². The molecule has 0 aromatic heterocycles. The number of carbonyl (C=O) groups excluding carboxylic acids is 2. The zero-order valence-corrected chi connectivity index (χ0v) is 11.3. The molecule has 0 radical (unpaired) electrons. The molecule has 1 N–H and O–H groups in total. The zero-order chi connectivity index (χ0) is 14.4. The second-order valence-corrected chi connectivity index (χ2v) is 4.82. The summed E-state index contributed by atoms with van der Waals surface area (Å²) in [5, 5.41) is 11.1. The van der Waals surface area contributed by atoms with Gasteiger partial charge >= 0.3 is 0 Å². The molecule has 0 atom stereocenters. The third kappa shape index (κ3) is 3.58. The minimum absolute atomic E-state index is 0.00100. The molecule has 0 unspecified atom stereocenters. The Bertz CT molecular complexity index is 542. The molecule has 1 aliphatic rings. The van der Waals surface area contributed by atoms with Crippen LogP contribution in [0.15, 0.2) is 24.3 Å². The van der Waals surface area contributed by atoms with E-state index in [0.29, 0.717) is 11.3 Å². The molecule has 104 valence electrons. The Kier molecular flexibility index (Phi) is 4.72. The lowest BCUT2D eigenvalue weighted by molar-refractivity contribution is -0.115. The van der Waals surface area contributed by atoms with Crippen LogP contribution in [0.4, 0.5) is 5.69 Å². The second kappa shape index (κ2) is 6.71. The lowest BCUT2D eigenvalue weighted by Gasteiger charge is -2.26. The predicted octanol–water partition coefficient (Wildman–Crippen LogP) is 2.16. The molecule has 0 spiro atoms. The van der Waals surface area contributed by atoms with Gasteiger partial charge in [-0.3, -0.25) is 9.59 Å². The minimum Gasteiger partial charge on any atom is -0.339 e. The number of benzene rings is 1. The maximum atomic E-state index is 12.3. The molecular formula is C15H17N3O2. The van der Waals surface area contributed by atoms with Crippen LogP contribution in [-0.2, 0) is 4.79 Å². The van der Waals surface area contributed by atoms with Gasteiger partial charge in [0.05, 0.1) is 6.07 Å². The minimum atomic E-state index is -0.366. The first-order chi connectivity index (χ1) is 9.70. The van der Waals surface area contributed by atoms with E-state index >= 15 is 0 Å². The van der Waals surface area contributed by atoms with Crippen LogP contribution in [0.1, 0.15) is 36.0 Å². The zero-order valence-electron chi connectivity index (χ0n) is 11.3. The van der Waals surface area contributed by atoms with Gasteiger partial charge in [0, 0.05) is 24.3 Å². The molecule has 0 saturated carbocycles. The highest BCUT2D eigenvalue weighted by atomic mass is 16.2. The summed E-state index contributed by atoms with van der Waals surface area (Å²) in [6.45, 7) is 1.59. The maximum absolute atomic E-state index is 12.3. The molecule has 0 aliphatic carbocycles. The quantitative estimate of drug-likeness (QED) is 0.915. The molecular weight excluding hydrogens is 254 g/mol. The van der Waals surface area contributed by atoms with E-state index in [-0.39, 0.29) is 18.2 Å². The average Bonchev–Trinajstić information content (AvgIpc) is 2.48. The van der Waals surface area contributed by atoms with Gasteiger partial charge in [-0.05, 0) is 37.5 Å². The number of likely N-dealkylation sites (tertiary alicyclic amines) is 1. The van der Waals surface area contributed by atoms with Crippen LogP contribution in [0.5, 0.6) is 0 Å². The van der Waals surface area contributed by atoms with Gasteiger partial charge in [-0.25, -0.2) is 0 Å². The Morgan fingerprint density at radius 2 is 2.00 bits per heavy atom. The molecule has 0 bridgehead atoms. The highest BCUT2D eigenvalue weighted by Crippen LogP contribution is 2.16. The summed E-state index contributed by atoms with van der Waals surface area (Å²) in [7, 11) is 0. The third-order valence-corrected chi connectivity index (χ3v) is 3.28. The number of hydrogen-bond donors (Lipinski definition) is 1. The predicted molar refractivity (Wildman–Crippen MR) is 75.1 cm³/mol. The summed E-state index contributed by atoms with van der Waals surface area (Å²) in [5.41, 5.74) is 1.12. The van der Waals surface area contributed by atoms with Gasteiger partial charge in [0.25, 0.3) is 5.91 Å². The number of nitriles is 1. The molecule has 1 aromatic rings. The van der Waals surface area contributed by atoms with Crippen LogP contribution < -0.4 is 5.32 Å². The van der Waals surface area contributed by atoms with Crippen LogP contribution in [0.3, 0.4) is 0 Å². The van der Waals surface area contributed by atoms with Crippen molar-refractivity contribution < 1.29 is 9.59 Å². The van der Waals surface area contributed by atoms with E-state index in [2.05, 4.69) is 5.32 Å². The Balaban J connectivity index is 2.07. The third-order valence-electron chi connectivity index (χ3n) is 3.28. The number of nitrogens with zero attached hydrogens (tertiary/aromatic N) is 2. The van der Waals surface area contributed by atoms with Crippen molar-refractivity contribution in [1.82, 2.24) is 4.90 Å². The van der Waals surface area contributed by atoms with Crippen molar-refractivity contribution in [1.29, 1.82) is 5.26 Å². The van der Waals surface area contributed by atoms with E-state index in [4.69, 9.17) is 5.26 Å². The Labute approximate surface area is 118 Å². The molecule has 1 aliphatic heterocycles. The number of amides is 2. The molecule has 5 heteroatoms. The fourth-order valence-corrected chi connectivity index (χ4v) is 2.29. The van der Waals surface area contributed by atoms with Crippen molar-refractivity contribution in [2.45, 2.75) is 25.7 Å². The van der Waals surface area contributed by atoms with Crippen LogP contribution in [0.2, 0.25) is 0 Å². The number of nitrogens with one attached hydrogen (secondary N) is 1. The van der Waals surface area contributed by atoms with E-state index in [9.17, 15) is 9.59 Å². The molecule has 5 nitrogen and oxygen atoms in total. The Hall–Kier alpha value is -2.35. The van der Waals surface area contributed by atoms with Crippen LogP contribution in [-0.4, -0.2) is 29.8 Å². The molecule has 1 heterocycles. The van der Waals surface area contributed by atoms with E-state index in [0.717, 1.165) is 25.9 Å². The summed E-state index contributed by atoms with van der Waals surface area (Å²) in [4.78, 5) is 25.5. The highest BCUT2D eigenvalue weighted by Gasteiger charge is 2.18. The van der Waals surface area contributed by atoms with Gasteiger partial charge in [0.2, 0.25) is 5.91 Å². The Morgan fingerprint density at radius 1 is 1.25 bits per heavy atom. The molecule has 2 amide bonds. The first kappa shape index (κ1) is 14.1. The van der Waals surface area contributed by atoms with Gasteiger partial charge in [0.1, 0.15) is 6.42 Å². The fraction of sp³-hybridized carbons (Fsp3) is 0.400. The molecule has 2 rings (SSSR count). The average molecular weight is 271 g/mol. The van der Waals surface area contributed by atoms with Crippen molar-refractivity contribution in [3.8, 4) is 6.07 Å². The highest BCUT2D eigenvalue weighted by molar-refractivity contribution is 5.97. The number of rotatable bonds is 3.